The maximum Gasteiger partial charge on any atom is 0.201 e. The van der Waals surface area contributed by atoms with E-state index in [-0.39, 0.29) is 28.6 Å². The van der Waals surface area contributed by atoms with Gasteiger partial charge in [0, 0.05) is 17.7 Å². The molecule has 0 bridgehead atoms. The first-order valence-corrected chi connectivity index (χ1v) is 6.55. The van der Waals surface area contributed by atoms with Crippen LogP contribution in [0.2, 0.25) is 0 Å². The molecule has 0 unspecified atom stereocenters. The molecule has 1 aliphatic carbocycles. The molecule has 0 aromatic heterocycles. The fourth-order valence-electron chi connectivity index (χ4n) is 2.19. The van der Waals surface area contributed by atoms with Gasteiger partial charge in [-0.05, 0) is 26.8 Å². The summed E-state index contributed by atoms with van der Waals surface area (Å²) < 4.78 is 10.7. The van der Waals surface area contributed by atoms with Crippen LogP contribution in [0.5, 0.6) is 11.5 Å². The average Bonchev–Trinajstić information content (AvgIpc) is 2.40. The molecule has 0 amide bonds. The maximum atomic E-state index is 12.4. The molecule has 0 fully saturated rings. The van der Waals surface area contributed by atoms with E-state index < -0.39 is 17.3 Å². The summed E-state index contributed by atoms with van der Waals surface area (Å²) in [6.45, 7) is 4.96. The summed E-state index contributed by atoms with van der Waals surface area (Å²) in [7, 11) is 1.40. The van der Waals surface area contributed by atoms with E-state index in [0.29, 0.717) is 5.75 Å². The van der Waals surface area contributed by atoms with Gasteiger partial charge in [0.1, 0.15) is 11.5 Å². The van der Waals surface area contributed by atoms with E-state index in [1.54, 1.807) is 6.07 Å². The lowest BCUT2D eigenvalue weighted by molar-refractivity contribution is -0.113. The molecule has 21 heavy (non-hydrogen) atoms. The third kappa shape index (κ3) is 2.72. The summed E-state index contributed by atoms with van der Waals surface area (Å²) in [5.41, 5.74) is 0.189. The van der Waals surface area contributed by atoms with Crippen LogP contribution in [-0.2, 0) is 4.79 Å². The predicted molar refractivity (Wildman–Crippen MR) is 76.2 cm³/mol. The van der Waals surface area contributed by atoms with Gasteiger partial charge in [-0.25, -0.2) is 0 Å². The van der Waals surface area contributed by atoms with Crippen LogP contribution in [0.3, 0.4) is 0 Å². The average molecular weight is 288 g/mol. The van der Waals surface area contributed by atoms with Gasteiger partial charge in [-0.15, -0.1) is 0 Å². The molecule has 110 valence electrons. The van der Waals surface area contributed by atoms with Crippen molar-refractivity contribution in [3.05, 3.63) is 34.9 Å². The minimum absolute atomic E-state index is 0.0783. The number of allylic oxidation sites excluding steroid dienone is 2. The molecule has 1 aromatic rings. The van der Waals surface area contributed by atoms with Crippen LogP contribution < -0.4 is 9.47 Å². The standard InChI is InChI=1S/C16H16O5/c1-8(2)21-10-5-12-13(18)7-11(9(3)17)16(19)15(12)14(6-10)20-4/h5-8H,1-4H3. The van der Waals surface area contributed by atoms with Crippen molar-refractivity contribution >= 4 is 17.3 Å². The van der Waals surface area contributed by atoms with E-state index >= 15 is 0 Å². The van der Waals surface area contributed by atoms with E-state index in [4.69, 9.17) is 9.47 Å². The first-order chi connectivity index (χ1) is 9.85. The second-order valence-corrected chi connectivity index (χ2v) is 5.02. The second-order valence-electron chi connectivity index (χ2n) is 5.02. The molecule has 1 aliphatic rings. The number of benzene rings is 1. The van der Waals surface area contributed by atoms with Gasteiger partial charge in [0.15, 0.2) is 11.6 Å². The minimum Gasteiger partial charge on any atom is -0.496 e. The quantitative estimate of drug-likeness (QED) is 0.795. The number of carbonyl (C=O) groups excluding carboxylic acids is 3. The van der Waals surface area contributed by atoms with Crippen LogP contribution in [0.4, 0.5) is 0 Å². The Morgan fingerprint density at radius 1 is 1.19 bits per heavy atom. The SMILES string of the molecule is COc1cc(OC(C)C)cc2c1C(=O)C(C(C)=O)=CC2=O. The fourth-order valence-corrected chi connectivity index (χ4v) is 2.19. The molecule has 0 aliphatic heterocycles. The van der Waals surface area contributed by atoms with Crippen LogP contribution in [0, 0.1) is 0 Å². The van der Waals surface area contributed by atoms with Crippen molar-refractivity contribution < 1.29 is 23.9 Å². The summed E-state index contributed by atoms with van der Waals surface area (Å²) >= 11 is 0. The minimum atomic E-state index is -0.495. The highest BCUT2D eigenvalue weighted by molar-refractivity contribution is 6.35. The molecule has 0 N–H and O–H groups in total. The zero-order chi connectivity index (χ0) is 15.7. The molecular formula is C16H16O5. The molecular weight excluding hydrogens is 272 g/mol. The number of carbonyl (C=O) groups is 3. The lowest BCUT2D eigenvalue weighted by atomic mass is 9.87. The van der Waals surface area contributed by atoms with Gasteiger partial charge < -0.3 is 9.47 Å². The topological polar surface area (TPSA) is 69.7 Å². The normalized spacial score (nSPS) is 13.9. The highest BCUT2D eigenvalue weighted by atomic mass is 16.5. The molecule has 0 saturated heterocycles. The summed E-state index contributed by atoms with van der Waals surface area (Å²) in [6.07, 6.45) is 0.997. The number of Topliss-reactive ketones (excluding diaryl/α,β-unsaturated/α-hetero) is 2. The van der Waals surface area contributed by atoms with Gasteiger partial charge >= 0.3 is 0 Å². The Labute approximate surface area is 122 Å². The van der Waals surface area contributed by atoms with Gasteiger partial charge in [-0.2, -0.15) is 0 Å². The van der Waals surface area contributed by atoms with Crippen molar-refractivity contribution in [2.75, 3.05) is 7.11 Å². The maximum absolute atomic E-state index is 12.4. The fraction of sp³-hybridized carbons (Fsp3) is 0.312. The van der Waals surface area contributed by atoms with Crippen molar-refractivity contribution in [1.29, 1.82) is 0 Å². The number of methoxy groups -OCH3 is 1. The monoisotopic (exact) mass is 288 g/mol. The van der Waals surface area contributed by atoms with Crippen LogP contribution in [0.25, 0.3) is 0 Å². The van der Waals surface area contributed by atoms with E-state index in [1.165, 1.54) is 20.1 Å². The van der Waals surface area contributed by atoms with Crippen molar-refractivity contribution in [1.82, 2.24) is 0 Å². The highest BCUT2D eigenvalue weighted by Gasteiger charge is 2.31. The number of fused-ring (bicyclic) bond motifs is 1. The Bertz CT molecular complexity index is 667. The number of rotatable bonds is 4. The number of hydrogen-bond donors (Lipinski definition) is 0. The molecule has 0 saturated carbocycles. The molecule has 1 aromatic carbocycles. The van der Waals surface area contributed by atoms with Gasteiger partial charge in [0.2, 0.25) is 5.78 Å². The molecule has 0 spiro atoms. The third-order valence-electron chi connectivity index (χ3n) is 3.06. The molecule has 5 heteroatoms. The lowest BCUT2D eigenvalue weighted by Crippen LogP contribution is -2.22. The van der Waals surface area contributed by atoms with Gasteiger partial charge in [-0.1, -0.05) is 0 Å². The van der Waals surface area contributed by atoms with Crippen LogP contribution in [0.1, 0.15) is 41.5 Å². The summed E-state index contributed by atoms with van der Waals surface area (Å²) in [5.74, 6) is -0.661. The largest absolute Gasteiger partial charge is 0.496 e. The Kier molecular flexibility index (Phi) is 3.93. The summed E-state index contributed by atoms with van der Waals surface area (Å²) in [4.78, 5) is 36.0. The Balaban J connectivity index is 2.62. The Morgan fingerprint density at radius 2 is 1.86 bits per heavy atom. The zero-order valence-corrected chi connectivity index (χ0v) is 12.4. The summed E-state index contributed by atoms with van der Waals surface area (Å²) in [5, 5.41) is 0. The molecule has 0 radical (unpaired) electrons. The summed E-state index contributed by atoms with van der Waals surface area (Å²) in [6, 6.07) is 3.05. The van der Waals surface area contributed by atoms with E-state index in [1.807, 2.05) is 13.8 Å². The van der Waals surface area contributed by atoms with Gasteiger partial charge in [0.05, 0.1) is 24.4 Å². The Hall–Kier alpha value is -2.43. The number of ketones is 3. The third-order valence-corrected chi connectivity index (χ3v) is 3.06. The smallest absolute Gasteiger partial charge is 0.201 e. The molecule has 0 heterocycles. The first-order valence-electron chi connectivity index (χ1n) is 6.55. The van der Waals surface area contributed by atoms with Crippen LogP contribution >= 0.6 is 0 Å². The van der Waals surface area contributed by atoms with Crippen molar-refractivity contribution in [3.63, 3.8) is 0 Å². The highest BCUT2D eigenvalue weighted by Crippen LogP contribution is 2.34. The first kappa shape index (κ1) is 15.0. The molecule has 2 rings (SSSR count). The lowest BCUT2D eigenvalue weighted by Gasteiger charge is -2.19. The van der Waals surface area contributed by atoms with Crippen molar-refractivity contribution in [2.24, 2.45) is 0 Å². The number of ether oxygens (including phenoxy) is 2. The predicted octanol–water partition coefficient (Wildman–Crippen LogP) is 2.38. The zero-order valence-electron chi connectivity index (χ0n) is 12.4. The van der Waals surface area contributed by atoms with Crippen molar-refractivity contribution in [2.45, 2.75) is 26.9 Å². The van der Waals surface area contributed by atoms with Crippen LogP contribution in [-0.4, -0.2) is 30.6 Å². The van der Waals surface area contributed by atoms with E-state index in [0.717, 1.165) is 6.08 Å². The van der Waals surface area contributed by atoms with Gasteiger partial charge in [-0.3, -0.25) is 14.4 Å². The van der Waals surface area contributed by atoms with Gasteiger partial charge in [0.25, 0.3) is 0 Å². The second kappa shape index (κ2) is 5.52. The van der Waals surface area contributed by atoms with E-state index in [2.05, 4.69) is 0 Å². The number of hydrogen-bond acceptors (Lipinski definition) is 5. The Morgan fingerprint density at radius 3 is 2.38 bits per heavy atom. The van der Waals surface area contributed by atoms with Crippen molar-refractivity contribution in [3.8, 4) is 11.5 Å². The van der Waals surface area contributed by atoms with E-state index in [9.17, 15) is 14.4 Å². The molecule has 0 atom stereocenters. The van der Waals surface area contributed by atoms with Crippen LogP contribution in [0.15, 0.2) is 23.8 Å². The molecule has 5 nitrogen and oxygen atoms in total.